The second kappa shape index (κ2) is 10.7. The number of benzene rings is 3. The van der Waals surface area contributed by atoms with E-state index >= 15 is 0 Å². The fourth-order valence-corrected chi connectivity index (χ4v) is 3.98. The maximum Gasteiger partial charge on any atom is 0.241 e. The molecule has 0 bridgehead atoms. The van der Waals surface area contributed by atoms with Crippen LogP contribution in [0.3, 0.4) is 0 Å². The van der Waals surface area contributed by atoms with Crippen LogP contribution >= 0.6 is 0 Å². The second-order valence-electron chi connectivity index (χ2n) is 8.29. The Bertz CT molecular complexity index is 1180. The molecule has 174 valence electrons. The average molecular weight is 457 g/mol. The quantitative estimate of drug-likeness (QED) is 0.246. The van der Waals surface area contributed by atoms with E-state index in [0.29, 0.717) is 23.4 Å². The average Bonchev–Trinajstić information content (AvgIpc) is 3.09. The van der Waals surface area contributed by atoms with Crippen LogP contribution in [0.5, 0.6) is 5.75 Å². The lowest BCUT2D eigenvalue weighted by atomic mass is 9.96. The van der Waals surface area contributed by atoms with Crippen molar-refractivity contribution in [1.29, 1.82) is 5.41 Å². The molecule has 3 aromatic rings. The molecule has 0 aliphatic carbocycles. The number of rotatable bonds is 7. The highest BCUT2D eigenvalue weighted by molar-refractivity contribution is 6.11. The number of fused-ring (bicyclic) bond motifs is 1. The largest absolute Gasteiger partial charge is 0.493 e. The lowest BCUT2D eigenvalue weighted by molar-refractivity contribution is -0.129. The van der Waals surface area contributed by atoms with Crippen LogP contribution in [0.1, 0.15) is 41.0 Å². The molecule has 0 fully saturated rings. The molecular weight excluding hydrogens is 428 g/mol. The molecule has 1 atom stereocenters. The van der Waals surface area contributed by atoms with E-state index in [0.717, 1.165) is 42.7 Å². The van der Waals surface area contributed by atoms with Gasteiger partial charge in [-0.25, -0.2) is 0 Å². The number of carbonyl (C=O) groups excluding carboxylic acids is 2. The van der Waals surface area contributed by atoms with E-state index < -0.39 is 11.8 Å². The number of nitrogens with two attached hydrogens (primary N) is 1. The first-order valence-electron chi connectivity index (χ1n) is 11.3. The number of ether oxygens (including phenoxy) is 1. The van der Waals surface area contributed by atoms with Crippen LogP contribution in [-0.4, -0.2) is 24.3 Å². The molecule has 5 N–H and O–H groups in total. The highest BCUT2D eigenvalue weighted by atomic mass is 16.5. The second-order valence-corrected chi connectivity index (χ2v) is 8.29. The summed E-state index contributed by atoms with van der Waals surface area (Å²) in [5.74, 6) is -0.976. The van der Waals surface area contributed by atoms with Gasteiger partial charge in [0.2, 0.25) is 11.8 Å². The van der Waals surface area contributed by atoms with Crippen molar-refractivity contribution in [3.05, 3.63) is 95.1 Å². The minimum Gasteiger partial charge on any atom is -0.493 e. The fourth-order valence-electron chi connectivity index (χ4n) is 3.98. The van der Waals surface area contributed by atoms with Crippen LogP contribution in [0.2, 0.25) is 0 Å². The first-order chi connectivity index (χ1) is 16.5. The van der Waals surface area contributed by atoms with Crippen molar-refractivity contribution >= 4 is 23.3 Å². The molecule has 7 heteroatoms. The Morgan fingerprint density at radius 1 is 0.971 bits per heavy atom. The van der Waals surface area contributed by atoms with Crippen molar-refractivity contribution in [3.63, 3.8) is 0 Å². The molecule has 7 nitrogen and oxygen atoms in total. The topological polar surface area (TPSA) is 117 Å². The van der Waals surface area contributed by atoms with E-state index in [9.17, 15) is 9.59 Å². The number of carbonyl (C=O) groups is 2. The van der Waals surface area contributed by atoms with Crippen molar-refractivity contribution in [2.75, 3.05) is 11.9 Å². The smallest absolute Gasteiger partial charge is 0.241 e. The first-order valence-corrected chi connectivity index (χ1v) is 11.3. The van der Waals surface area contributed by atoms with Gasteiger partial charge in [-0.2, -0.15) is 0 Å². The molecule has 0 saturated carbocycles. The summed E-state index contributed by atoms with van der Waals surface area (Å²) in [6.07, 6.45) is 3.06. The Morgan fingerprint density at radius 2 is 1.74 bits per heavy atom. The molecular formula is C27H28N4O3. The Kier molecular flexibility index (Phi) is 7.22. The van der Waals surface area contributed by atoms with Gasteiger partial charge >= 0.3 is 0 Å². The standard InChI is InChI=1S/C27H28N4O3/c28-25(29)20-10-12-22(13-11-20)31-27(33)24(19-6-2-1-3-7-19)26(32)30-17-18-9-14-23-21(16-18)8-4-5-15-34-23/h1-3,6-7,9-14,16,24H,4-5,8,15,17H2,(H3,28,29)(H,30,32)(H,31,33). The number of hydrogen-bond donors (Lipinski definition) is 4. The lowest BCUT2D eigenvalue weighted by Crippen LogP contribution is -2.36. The summed E-state index contributed by atoms with van der Waals surface area (Å²) in [6, 6.07) is 21.6. The van der Waals surface area contributed by atoms with Gasteiger partial charge in [0.25, 0.3) is 0 Å². The van der Waals surface area contributed by atoms with Crippen LogP contribution in [-0.2, 0) is 22.6 Å². The number of hydrogen-bond acceptors (Lipinski definition) is 4. The number of nitrogen functional groups attached to an aromatic ring is 1. The summed E-state index contributed by atoms with van der Waals surface area (Å²) in [7, 11) is 0. The number of nitrogens with one attached hydrogen (secondary N) is 3. The molecule has 1 heterocycles. The number of amides is 2. The molecule has 1 aliphatic rings. The van der Waals surface area contributed by atoms with Gasteiger partial charge in [-0.15, -0.1) is 0 Å². The Balaban J connectivity index is 1.48. The van der Waals surface area contributed by atoms with E-state index in [1.165, 1.54) is 0 Å². The normalized spacial score (nSPS) is 13.5. The van der Waals surface area contributed by atoms with E-state index in [2.05, 4.69) is 16.7 Å². The predicted molar refractivity (Wildman–Crippen MR) is 132 cm³/mol. The molecule has 3 aromatic carbocycles. The molecule has 1 aliphatic heterocycles. The van der Waals surface area contributed by atoms with Crippen molar-refractivity contribution in [3.8, 4) is 5.75 Å². The summed E-state index contributed by atoms with van der Waals surface area (Å²) >= 11 is 0. The highest BCUT2D eigenvalue weighted by Gasteiger charge is 2.28. The minimum atomic E-state index is -1.02. The van der Waals surface area contributed by atoms with Crippen molar-refractivity contribution in [2.45, 2.75) is 31.7 Å². The monoisotopic (exact) mass is 456 g/mol. The fraction of sp³-hybridized carbons (Fsp3) is 0.222. The molecule has 0 aromatic heterocycles. The zero-order valence-electron chi connectivity index (χ0n) is 18.8. The Hall–Kier alpha value is -4.13. The van der Waals surface area contributed by atoms with E-state index in [1.807, 2.05) is 18.2 Å². The van der Waals surface area contributed by atoms with E-state index in [1.54, 1.807) is 48.5 Å². The van der Waals surface area contributed by atoms with Gasteiger partial charge in [-0.1, -0.05) is 42.5 Å². The van der Waals surface area contributed by atoms with Crippen LogP contribution in [0.4, 0.5) is 5.69 Å². The zero-order valence-corrected chi connectivity index (χ0v) is 18.8. The Morgan fingerprint density at radius 3 is 2.47 bits per heavy atom. The lowest BCUT2D eigenvalue weighted by Gasteiger charge is -2.18. The number of amidine groups is 1. The SMILES string of the molecule is N=C(N)c1ccc(NC(=O)C(C(=O)NCc2ccc3c(c2)CCCCO3)c2ccccc2)cc1. The van der Waals surface area contributed by atoms with E-state index in [-0.39, 0.29) is 11.7 Å². The van der Waals surface area contributed by atoms with Gasteiger partial charge in [0.1, 0.15) is 17.5 Å². The molecule has 0 radical (unpaired) electrons. The number of aryl methyl sites for hydroxylation is 1. The molecule has 1 unspecified atom stereocenters. The predicted octanol–water partition coefficient (Wildman–Crippen LogP) is 3.72. The third-order valence-electron chi connectivity index (χ3n) is 5.81. The van der Waals surface area contributed by atoms with Gasteiger partial charge in [0.05, 0.1) is 6.61 Å². The molecule has 0 saturated heterocycles. The molecule has 4 rings (SSSR count). The maximum atomic E-state index is 13.2. The zero-order chi connectivity index (χ0) is 23.9. The van der Waals surface area contributed by atoms with Gasteiger partial charge in [0.15, 0.2) is 0 Å². The summed E-state index contributed by atoms with van der Waals surface area (Å²) in [4.78, 5) is 26.4. The van der Waals surface area contributed by atoms with Crippen LogP contribution in [0, 0.1) is 5.41 Å². The maximum absolute atomic E-state index is 13.2. The summed E-state index contributed by atoms with van der Waals surface area (Å²) in [5.41, 5.74) is 9.29. The summed E-state index contributed by atoms with van der Waals surface area (Å²) in [5, 5.41) is 13.2. The van der Waals surface area contributed by atoms with Gasteiger partial charge in [0, 0.05) is 17.8 Å². The minimum absolute atomic E-state index is 0.0521. The third-order valence-corrected chi connectivity index (χ3v) is 5.81. The molecule has 0 spiro atoms. The van der Waals surface area contributed by atoms with Crippen LogP contribution in [0.15, 0.2) is 72.8 Å². The van der Waals surface area contributed by atoms with Crippen LogP contribution in [0.25, 0.3) is 0 Å². The summed E-state index contributed by atoms with van der Waals surface area (Å²) < 4.78 is 5.77. The van der Waals surface area contributed by atoms with Gasteiger partial charge in [-0.05, 0) is 66.3 Å². The van der Waals surface area contributed by atoms with E-state index in [4.69, 9.17) is 15.9 Å². The molecule has 34 heavy (non-hydrogen) atoms. The molecule has 2 amide bonds. The van der Waals surface area contributed by atoms with Crippen molar-refractivity contribution < 1.29 is 14.3 Å². The first kappa shape index (κ1) is 23.0. The Labute approximate surface area is 198 Å². The summed E-state index contributed by atoms with van der Waals surface area (Å²) in [6.45, 7) is 1.05. The van der Waals surface area contributed by atoms with Crippen LogP contribution < -0.4 is 21.1 Å². The van der Waals surface area contributed by atoms with Crippen molar-refractivity contribution in [1.82, 2.24) is 5.32 Å². The van der Waals surface area contributed by atoms with Gasteiger partial charge in [-0.3, -0.25) is 15.0 Å². The number of anilines is 1. The highest BCUT2D eigenvalue weighted by Crippen LogP contribution is 2.25. The van der Waals surface area contributed by atoms with Crippen molar-refractivity contribution in [2.24, 2.45) is 5.73 Å². The van der Waals surface area contributed by atoms with Gasteiger partial charge < -0.3 is 21.1 Å². The third kappa shape index (κ3) is 5.61.